The quantitative estimate of drug-likeness (QED) is 0.456. The maximum Gasteiger partial charge on any atom is 0.191 e. The Labute approximate surface area is 183 Å². The van der Waals surface area contributed by atoms with Crippen LogP contribution in [0.15, 0.2) is 72.0 Å². The van der Waals surface area contributed by atoms with Crippen LogP contribution in [0, 0.1) is 0 Å². The average molecular weight is 419 g/mol. The molecule has 1 aliphatic rings. The van der Waals surface area contributed by atoms with E-state index >= 15 is 0 Å². The smallest absolute Gasteiger partial charge is 0.191 e. The summed E-state index contributed by atoms with van der Waals surface area (Å²) in [5.74, 6) is 1.75. The number of nitrogens with one attached hydrogen (secondary N) is 2. The van der Waals surface area contributed by atoms with E-state index in [4.69, 9.17) is 4.74 Å². The Morgan fingerprint density at radius 3 is 2.77 bits per heavy atom. The van der Waals surface area contributed by atoms with Crippen molar-refractivity contribution in [1.29, 1.82) is 0 Å². The fourth-order valence-corrected chi connectivity index (χ4v) is 3.91. The van der Waals surface area contributed by atoms with Crippen LogP contribution in [0.1, 0.15) is 12.0 Å². The summed E-state index contributed by atoms with van der Waals surface area (Å²) in [4.78, 5) is 6.76. The van der Waals surface area contributed by atoms with Gasteiger partial charge in [-0.25, -0.2) is 4.68 Å². The fourth-order valence-electron chi connectivity index (χ4n) is 3.91. The summed E-state index contributed by atoms with van der Waals surface area (Å²) in [5.41, 5.74) is 3.41. The van der Waals surface area contributed by atoms with Crippen LogP contribution in [0.4, 0.5) is 5.69 Å². The number of guanidine groups is 1. The van der Waals surface area contributed by atoms with Crippen molar-refractivity contribution in [1.82, 2.24) is 20.4 Å². The SMILES string of the molecule is CN=C(NCCc1cnn(-c2ccccc2)c1)NC1CCN(c2ccccc2OC)C1. The van der Waals surface area contributed by atoms with Crippen molar-refractivity contribution in [2.45, 2.75) is 18.9 Å². The number of para-hydroxylation sites is 3. The zero-order valence-electron chi connectivity index (χ0n) is 18.2. The second-order valence-electron chi connectivity index (χ2n) is 7.63. The van der Waals surface area contributed by atoms with Crippen LogP contribution in [0.5, 0.6) is 5.75 Å². The van der Waals surface area contributed by atoms with Crippen molar-refractivity contribution in [3.63, 3.8) is 0 Å². The van der Waals surface area contributed by atoms with Crippen LogP contribution in [-0.4, -0.2) is 55.6 Å². The Hall–Kier alpha value is -3.48. The minimum Gasteiger partial charge on any atom is -0.495 e. The number of ether oxygens (including phenoxy) is 1. The fraction of sp³-hybridized carbons (Fsp3) is 0.333. The Bertz CT molecular complexity index is 1000. The second-order valence-corrected chi connectivity index (χ2v) is 7.63. The van der Waals surface area contributed by atoms with E-state index < -0.39 is 0 Å². The molecule has 1 aromatic heterocycles. The molecule has 1 fully saturated rings. The number of rotatable bonds is 7. The van der Waals surface area contributed by atoms with E-state index in [9.17, 15) is 0 Å². The first-order valence-corrected chi connectivity index (χ1v) is 10.7. The number of aliphatic imine (C=N–C) groups is 1. The van der Waals surface area contributed by atoms with Gasteiger partial charge < -0.3 is 20.3 Å². The molecule has 0 amide bonds. The lowest BCUT2D eigenvalue weighted by molar-refractivity contribution is 0.415. The largest absolute Gasteiger partial charge is 0.495 e. The third-order valence-electron chi connectivity index (χ3n) is 5.54. The summed E-state index contributed by atoms with van der Waals surface area (Å²) in [6, 6.07) is 18.7. The molecule has 0 saturated carbocycles. The molecular formula is C24H30N6O. The number of hydrogen-bond donors (Lipinski definition) is 2. The standard InChI is InChI=1S/C24H30N6O/c1-25-24(26-14-12-19-16-27-30(17-19)21-8-4-3-5-9-21)28-20-13-15-29(18-20)22-10-6-7-11-23(22)31-2/h3-11,16-17,20H,12-15,18H2,1-2H3,(H2,25,26,28). The number of nitrogens with zero attached hydrogens (tertiary/aromatic N) is 4. The maximum atomic E-state index is 5.52. The van der Waals surface area contributed by atoms with E-state index in [2.05, 4.69) is 56.1 Å². The first-order chi connectivity index (χ1) is 15.3. The lowest BCUT2D eigenvalue weighted by Gasteiger charge is -2.22. The first-order valence-electron chi connectivity index (χ1n) is 10.7. The Kier molecular flexibility index (Phi) is 6.72. The van der Waals surface area contributed by atoms with Crippen molar-refractivity contribution in [2.24, 2.45) is 4.99 Å². The number of hydrogen-bond acceptors (Lipinski definition) is 4. The monoisotopic (exact) mass is 418 g/mol. The zero-order chi connectivity index (χ0) is 21.5. The Balaban J connectivity index is 1.26. The maximum absolute atomic E-state index is 5.52. The summed E-state index contributed by atoms with van der Waals surface area (Å²) in [6.45, 7) is 2.71. The molecule has 2 heterocycles. The summed E-state index contributed by atoms with van der Waals surface area (Å²) in [6.07, 6.45) is 5.94. The van der Waals surface area contributed by atoms with Gasteiger partial charge in [-0.15, -0.1) is 0 Å². The minimum atomic E-state index is 0.344. The van der Waals surface area contributed by atoms with Gasteiger partial charge in [0.2, 0.25) is 0 Å². The highest BCUT2D eigenvalue weighted by molar-refractivity contribution is 5.80. The highest BCUT2D eigenvalue weighted by Crippen LogP contribution is 2.30. The third kappa shape index (κ3) is 5.17. The van der Waals surface area contributed by atoms with Gasteiger partial charge in [-0.3, -0.25) is 4.99 Å². The van der Waals surface area contributed by atoms with Crippen LogP contribution in [-0.2, 0) is 6.42 Å². The van der Waals surface area contributed by atoms with Crippen LogP contribution < -0.4 is 20.3 Å². The van der Waals surface area contributed by atoms with Gasteiger partial charge in [0.1, 0.15) is 5.75 Å². The molecule has 162 valence electrons. The number of anilines is 1. The second kappa shape index (κ2) is 10.0. The van der Waals surface area contributed by atoms with Crippen LogP contribution >= 0.6 is 0 Å². The molecule has 0 bridgehead atoms. The zero-order valence-corrected chi connectivity index (χ0v) is 18.2. The minimum absolute atomic E-state index is 0.344. The number of methoxy groups -OCH3 is 1. The lowest BCUT2D eigenvalue weighted by Crippen LogP contribution is -2.45. The van der Waals surface area contributed by atoms with E-state index in [0.717, 1.165) is 55.6 Å². The molecule has 0 spiro atoms. The van der Waals surface area contributed by atoms with Crippen LogP contribution in [0.2, 0.25) is 0 Å². The molecule has 2 aromatic carbocycles. The molecule has 2 N–H and O–H groups in total. The van der Waals surface area contributed by atoms with E-state index in [1.165, 1.54) is 5.56 Å². The molecule has 3 aromatic rings. The summed E-state index contributed by atoms with van der Waals surface area (Å²) in [5, 5.41) is 11.5. The van der Waals surface area contributed by atoms with Gasteiger partial charge in [0, 0.05) is 38.9 Å². The van der Waals surface area contributed by atoms with Crippen molar-refractivity contribution in [2.75, 3.05) is 38.7 Å². The van der Waals surface area contributed by atoms with Gasteiger partial charge in [0.25, 0.3) is 0 Å². The third-order valence-corrected chi connectivity index (χ3v) is 5.54. The van der Waals surface area contributed by atoms with Gasteiger partial charge in [-0.2, -0.15) is 5.10 Å². The van der Waals surface area contributed by atoms with E-state index in [1.54, 1.807) is 7.11 Å². The molecule has 0 aliphatic carbocycles. The van der Waals surface area contributed by atoms with Crippen LogP contribution in [0.3, 0.4) is 0 Å². The molecule has 1 unspecified atom stereocenters. The topological polar surface area (TPSA) is 66.7 Å². The molecule has 0 radical (unpaired) electrons. The Morgan fingerprint density at radius 1 is 1.16 bits per heavy atom. The molecule has 1 atom stereocenters. The van der Waals surface area contributed by atoms with Crippen LogP contribution in [0.25, 0.3) is 5.69 Å². The van der Waals surface area contributed by atoms with Gasteiger partial charge in [-0.05, 0) is 42.7 Å². The highest BCUT2D eigenvalue weighted by atomic mass is 16.5. The molecule has 31 heavy (non-hydrogen) atoms. The normalized spacial score (nSPS) is 16.4. The van der Waals surface area contributed by atoms with Gasteiger partial charge in [0.05, 0.1) is 24.7 Å². The van der Waals surface area contributed by atoms with Gasteiger partial charge in [0.15, 0.2) is 5.96 Å². The van der Waals surface area contributed by atoms with E-state index in [1.807, 2.05) is 48.3 Å². The van der Waals surface area contributed by atoms with Crippen molar-refractivity contribution in [3.05, 3.63) is 72.6 Å². The molecule has 7 nitrogen and oxygen atoms in total. The van der Waals surface area contributed by atoms with Crippen molar-refractivity contribution < 1.29 is 4.74 Å². The molecule has 7 heteroatoms. The highest BCUT2D eigenvalue weighted by Gasteiger charge is 2.25. The van der Waals surface area contributed by atoms with Crippen molar-refractivity contribution in [3.8, 4) is 11.4 Å². The predicted octanol–water partition coefficient (Wildman–Crippen LogP) is 2.87. The van der Waals surface area contributed by atoms with E-state index in [-0.39, 0.29) is 0 Å². The van der Waals surface area contributed by atoms with Gasteiger partial charge >= 0.3 is 0 Å². The molecule has 1 aliphatic heterocycles. The molecule has 4 rings (SSSR count). The summed E-state index contributed by atoms with van der Waals surface area (Å²) in [7, 11) is 3.54. The molecule has 1 saturated heterocycles. The number of benzene rings is 2. The Morgan fingerprint density at radius 2 is 1.97 bits per heavy atom. The first kappa shape index (κ1) is 20.8. The van der Waals surface area contributed by atoms with Crippen molar-refractivity contribution >= 4 is 11.6 Å². The summed E-state index contributed by atoms with van der Waals surface area (Å²) >= 11 is 0. The average Bonchev–Trinajstić information content (AvgIpc) is 3.49. The predicted molar refractivity (Wildman–Crippen MR) is 125 cm³/mol. The van der Waals surface area contributed by atoms with Gasteiger partial charge in [-0.1, -0.05) is 30.3 Å². The lowest BCUT2D eigenvalue weighted by atomic mass is 10.2. The number of aromatic nitrogens is 2. The van der Waals surface area contributed by atoms with E-state index in [0.29, 0.717) is 6.04 Å². The molecular weight excluding hydrogens is 388 g/mol. The summed E-state index contributed by atoms with van der Waals surface area (Å²) < 4.78 is 7.43.